The molecule has 0 aromatic carbocycles. The molecular formula is C35H69NO3. The lowest BCUT2D eigenvalue weighted by molar-refractivity contribution is -0.123. The maximum Gasteiger partial charge on any atom is 0.220 e. The van der Waals surface area contributed by atoms with Gasteiger partial charge in [0.1, 0.15) is 0 Å². The summed E-state index contributed by atoms with van der Waals surface area (Å²) >= 11 is 0. The summed E-state index contributed by atoms with van der Waals surface area (Å²) in [4.78, 5) is 12.3. The molecule has 39 heavy (non-hydrogen) atoms. The van der Waals surface area contributed by atoms with Gasteiger partial charge in [-0.3, -0.25) is 4.79 Å². The van der Waals surface area contributed by atoms with Crippen LogP contribution in [0.25, 0.3) is 0 Å². The minimum atomic E-state index is -0.831. The monoisotopic (exact) mass is 552 g/mol. The molecular weight excluding hydrogens is 482 g/mol. The molecule has 3 N–H and O–H groups in total. The second-order valence-corrected chi connectivity index (χ2v) is 11.9. The van der Waals surface area contributed by atoms with Gasteiger partial charge in [-0.15, -0.1) is 0 Å². The lowest BCUT2D eigenvalue weighted by Gasteiger charge is -2.20. The van der Waals surface area contributed by atoms with Crippen LogP contribution in [0.5, 0.6) is 0 Å². The molecule has 0 aliphatic carbocycles. The average Bonchev–Trinajstić information content (AvgIpc) is 2.94. The average molecular weight is 552 g/mol. The number of amides is 1. The van der Waals surface area contributed by atoms with Crippen molar-refractivity contribution >= 4 is 5.91 Å². The Hall–Kier alpha value is -0.870. The molecule has 4 nitrogen and oxygen atoms in total. The topological polar surface area (TPSA) is 69.6 Å². The van der Waals surface area contributed by atoms with Crippen LogP contribution in [0.4, 0.5) is 0 Å². The summed E-state index contributed by atoms with van der Waals surface area (Å²) in [5.74, 6) is -0.0641. The molecule has 0 saturated heterocycles. The fourth-order valence-corrected chi connectivity index (χ4v) is 5.29. The zero-order chi connectivity index (χ0) is 28.7. The largest absolute Gasteiger partial charge is 0.394 e. The van der Waals surface area contributed by atoms with E-state index in [0.29, 0.717) is 6.42 Å². The standard InChI is InChI=1S/C35H69NO3/c1-3-5-7-9-11-13-15-17-19-21-23-25-27-29-31-35(39)36-33(32-37)34(38)30-28-26-24-22-20-18-16-14-12-10-8-6-4-2/h28,30,33-34,37-38H,3-27,29,31-32H2,1-2H3,(H,36,39)/b30-28+. The minimum Gasteiger partial charge on any atom is -0.394 e. The van der Waals surface area contributed by atoms with Gasteiger partial charge < -0.3 is 15.5 Å². The van der Waals surface area contributed by atoms with Crippen molar-refractivity contribution in [2.45, 2.75) is 199 Å². The number of aliphatic hydroxyl groups is 2. The summed E-state index contributed by atoms with van der Waals surface area (Å²) in [5.41, 5.74) is 0. The first-order valence-electron chi connectivity index (χ1n) is 17.4. The fraction of sp³-hybridized carbons (Fsp3) is 0.914. The van der Waals surface area contributed by atoms with E-state index in [-0.39, 0.29) is 12.5 Å². The molecule has 4 heteroatoms. The van der Waals surface area contributed by atoms with E-state index in [2.05, 4.69) is 19.2 Å². The highest BCUT2D eigenvalue weighted by atomic mass is 16.3. The van der Waals surface area contributed by atoms with Crippen LogP contribution >= 0.6 is 0 Å². The van der Waals surface area contributed by atoms with Crippen LogP contribution in [-0.2, 0) is 4.79 Å². The van der Waals surface area contributed by atoms with Gasteiger partial charge in [0, 0.05) is 6.42 Å². The van der Waals surface area contributed by atoms with Crippen LogP contribution < -0.4 is 5.32 Å². The molecule has 2 unspecified atom stereocenters. The Morgan fingerprint density at radius 1 is 0.590 bits per heavy atom. The lowest BCUT2D eigenvalue weighted by atomic mass is 10.0. The number of hydrogen-bond acceptors (Lipinski definition) is 3. The van der Waals surface area contributed by atoms with Gasteiger partial charge in [0.15, 0.2) is 0 Å². The zero-order valence-corrected chi connectivity index (χ0v) is 26.4. The summed E-state index contributed by atoms with van der Waals surface area (Å²) in [6, 6.07) is -0.613. The Morgan fingerprint density at radius 3 is 1.33 bits per heavy atom. The molecule has 0 bridgehead atoms. The van der Waals surface area contributed by atoms with E-state index >= 15 is 0 Å². The van der Waals surface area contributed by atoms with Gasteiger partial charge in [-0.1, -0.05) is 174 Å². The van der Waals surface area contributed by atoms with Crippen molar-refractivity contribution < 1.29 is 15.0 Å². The Bertz CT molecular complexity index is 522. The van der Waals surface area contributed by atoms with Crippen LogP contribution in [0.2, 0.25) is 0 Å². The normalized spacial score (nSPS) is 13.2. The van der Waals surface area contributed by atoms with E-state index in [1.165, 1.54) is 141 Å². The van der Waals surface area contributed by atoms with Crippen molar-refractivity contribution in [3.63, 3.8) is 0 Å². The third-order valence-electron chi connectivity index (χ3n) is 8.02. The van der Waals surface area contributed by atoms with E-state index in [9.17, 15) is 15.0 Å². The molecule has 0 spiro atoms. The Labute approximate surface area is 244 Å². The van der Waals surface area contributed by atoms with Crippen LogP contribution in [0, 0.1) is 0 Å². The number of hydrogen-bond donors (Lipinski definition) is 3. The molecule has 1 amide bonds. The number of nitrogens with one attached hydrogen (secondary N) is 1. The van der Waals surface area contributed by atoms with Crippen molar-refractivity contribution in [3.8, 4) is 0 Å². The predicted molar refractivity (Wildman–Crippen MR) is 170 cm³/mol. The second-order valence-electron chi connectivity index (χ2n) is 11.9. The van der Waals surface area contributed by atoms with Gasteiger partial charge in [-0.2, -0.15) is 0 Å². The Balaban J connectivity index is 3.62. The molecule has 0 rings (SSSR count). The predicted octanol–water partition coefficient (Wildman–Crippen LogP) is 9.95. The molecule has 0 saturated carbocycles. The molecule has 0 aliphatic heterocycles. The molecule has 0 fully saturated rings. The Morgan fingerprint density at radius 2 is 0.949 bits per heavy atom. The van der Waals surface area contributed by atoms with Crippen molar-refractivity contribution in [2.24, 2.45) is 0 Å². The maximum atomic E-state index is 12.3. The van der Waals surface area contributed by atoms with Gasteiger partial charge in [0.2, 0.25) is 5.91 Å². The van der Waals surface area contributed by atoms with Crippen LogP contribution in [-0.4, -0.2) is 34.9 Å². The van der Waals surface area contributed by atoms with Crippen molar-refractivity contribution in [1.82, 2.24) is 5.32 Å². The van der Waals surface area contributed by atoms with Gasteiger partial charge in [-0.25, -0.2) is 0 Å². The van der Waals surface area contributed by atoms with Crippen LogP contribution in [0.15, 0.2) is 12.2 Å². The number of rotatable bonds is 31. The summed E-state index contributed by atoms with van der Waals surface area (Å²) in [6.07, 6.45) is 37.1. The van der Waals surface area contributed by atoms with Crippen LogP contribution in [0.3, 0.4) is 0 Å². The highest BCUT2D eigenvalue weighted by Gasteiger charge is 2.17. The van der Waals surface area contributed by atoms with Crippen LogP contribution in [0.1, 0.15) is 187 Å². The summed E-state index contributed by atoms with van der Waals surface area (Å²) in [5, 5.41) is 22.8. The first-order valence-corrected chi connectivity index (χ1v) is 17.4. The van der Waals surface area contributed by atoms with E-state index in [1.807, 2.05) is 6.08 Å². The maximum absolute atomic E-state index is 12.3. The molecule has 0 aliphatic rings. The van der Waals surface area contributed by atoms with E-state index in [4.69, 9.17) is 0 Å². The molecule has 0 heterocycles. The van der Waals surface area contributed by atoms with E-state index in [0.717, 1.165) is 25.7 Å². The minimum absolute atomic E-state index is 0.0641. The van der Waals surface area contributed by atoms with Gasteiger partial charge >= 0.3 is 0 Å². The number of unbranched alkanes of at least 4 members (excludes halogenated alkanes) is 24. The zero-order valence-electron chi connectivity index (χ0n) is 26.4. The van der Waals surface area contributed by atoms with Crippen molar-refractivity contribution in [2.75, 3.05) is 6.61 Å². The molecule has 232 valence electrons. The number of aliphatic hydroxyl groups excluding tert-OH is 2. The van der Waals surface area contributed by atoms with Gasteiger partial charge in [0.25, 0.3) is 0 Å². The van der Waals surface area contributed by atoms with Crippen molar-refractivity contribution in [3.05, 3.63) is 12.2 Å². The smallest absolute Gasteiger partial charge is 0.220 e. The van der Waals surface area contributed by atoms with Gasteiger partial charge in [0.05, 0.1) is 18.8 Å². The SMILES string of the molecule is CCCCCCCCCCCCC/C=C/C(O)C(CO)NC(=O)CCCCCCCCCCCCCCCC. The second kappa shape index (κ2) is 31.7. The highest BCUT2D eigenvalue weighted by molar-refractivity contribution is 5.76. The Kier molecular flexibility index (Phi) is 30.9. The van der Waals surface area contributed by atoms with E-state index in [1.54, 1.807) is 6.08 Å². The summed E-state index contributed by atoms with van der Waals surface area (Å²) in [7, 11) is 0. The molecule has 2 atom stereocenters. The third-order valence-corrected chi connectivity index (χ3v) is 8.02. The third kappa shape index (κ3) is 28.5. The number of carbonyl (C=O) groups excluding carboxylic acids is 1. The summed E-state index contributed by atoms with van der Waals surface area (Å²) in [6.45, 7) is 4.29. The highest BCUT2D eigenvalue weighted by Crippen LogP contribution is 2.14. The fourth-order valence-electron chi connectivity index (χ4n) is 5.29. The van der Waals surface area contributed by atoms with Crippen molar-refractivity contribution in [1.29, 1.82) is 0 Å². The van der Waals surface area contributed by atoms with Gasteiger partial charge in [-0.05, 0) is 19.3 Å². The van der Waals surface area contributed by atoms with E-state index < -0.39 is 12.1 Å². The molecule has 0 aromatic heterocycles. The lowest BCUT2D eigenvalue weighted by Crippen LogP contribution is -2.45. The first-order chi connectivity index (χ1) is 19.2. The summed E-state index contributed by atoms with van der Waals surface area (Å²) < 4.78 is 0. The number of carbonyl (C=O) groups is 1. The molecule has 0 aromatic rings. The quantitative estimate of drug-likeness (QED) is 0.0593. The number of allylic oxidation sites excluding steroid dienone is 1. The first kappa shape index (κ1) is 38.1. The molecule has 0 radical (unpaired) electrons.